The molecule has 2 aromatic heterocycles. The Labute approximate surface area is 132 Å². The standard InChI is InChI=1S/C17H26N4O/c1-12(2)15-10-17(21-16(18-15)9-13(3)19-21)20(4)11-14-7-5-6-8-22-14/h9-10,12,14H,5-8,11H2,1-4H3/t14-/m1/s1. The topological polar surface area (TPSA) is 42.7 Å². The summed E-state index contributed by atoms with van der Waals surface area (Å²) in [5.74, 6) is 1.49. The summed E-state index contributed by atoms with van der Waals surface area (Å²) in [6, 6.07) is 4.20. The van der Waals surface area contributed by atoms with E-state index in [4.69, 9.17) is 9.72 Å². The third-order valence-corrected chi connectivity index (χ3v) is 4.28. The Hall–Kier alpha value is -1.62. The van der Waals surface area contributed by atoms with Crippen molar-refractivity contribution in [3.63, 3.8) is 0 Å². The number of likely N-dealkylation sites (N-methyl/N-ethyl adjacent to an activating group) is 1. The van der Waals surface area contributed by atoms with E-state index in [0.29, 0.717) is 12.0 Å². The number of hydrogen-bond acceptors (Lipinski definition) is 4. The molecule has 0 N–H and O–H groups in total. The van der Waals surface area contributed by atoms with Gasteiger partial charge >= 0.3 is 0 Å². The summed E-state index contributed by atoms with van der Waals surface area (Å²) in [6.07, 6.45) is 3.92. The molecule has 1 atom stereocenters. The molecule has 22 heavy (non-hydrogen) atoms. The van der Waals surface area contributed by atoms with E-state index in [1.807, 2.05) is 17.5 Å². The molecule has 5 nitrogen and oxygen atoms in total. The fourth-order valence-corrected chi connectivity index (χ4v) is 3.01. The minimum atomic E-state index is 0.320. The Bertz CT molecular complexity index is 643. The van der Waals surface area contributed by atoms with Crippen LogP contribution >= 0.6 is 0 Å². The quantitative estimate of drug-likeness (QED) is 0.870. The number of ether oxygens (including phenoxy) is 1. The highest BCUT2D eigenvalue weighted by molar-refractivity contribution is 5.52. The van der Waals surface area contributed by atoms with Gasteiger partial charge in [0.25, 0.3) is 0 Å². The SMILES string of the molecule is Cc1cc2nc(C(C)C)cc(N(C)C[C@H]3CCCCO3)n2n1. The number of nitrogens with zero attached hydrogens (tertiary/aromatic N) is 4. The van der Waals surface area contributed by atoms with Crippen molar-refractivity contribution in [3.05, 3.63) is 23.5 Å². The van der Waals surface area contributed by atoms with Crippen LogP contribution in [-0.4, -0.2) is 40.9 Å². The molecule has 1 aliphatic rings. The number of aryl methyl sites for hydroxylation is 1. The van der Waals surface area contributed by atoms with Crippen LogP contribution in [-0.2, 0) is 4.74 Å². The van der Waals surface area contributed by atoms with Crippen LogP contribution in [0.25, 0.3) is 5.65 Å². The first-order valence-corrected chi connectivity index (χ1v) is 8.24. The van der Waals surface area contributed by atoms with Gasteiger partial charge < -0.3 is 9.64 Å². The van der Waals surface area contributed by atoms with Gasteiger partial charge in [-0.1, -0.05) is 13.8 Å². The maximum Gasteiger partial charge on any atom is 0.157 e. The molecular formula is C17H26N4O. The second kappa shape index (κ2) is 6.24. The minimum Gasteiger partial charge on any atom is -0.376 e. The Kier molecular flexibility index (Phi) is 4.34. The van der Waals surface area contributed by atoms with E-state index >= 15 is 0 Å². The average Bonchev–Trinajstić information content (AvgIpc) is 2.87. The lowest BCUT2D eigenvalue weighted by molar-refractivity contribution is 0.0215. The molecule has 1 fully saturated rings. The van der Waals surface area contributed by atoms with Gasteiger partial charge in [-0.3, -0.25) is 0 Å². The highest BCUT2D eigenvalue weighted by Crippen LogP contribution is 2.23. The minimum absolute atomic E-state index is 0.320. The van der Waals surface area contributed by atoms with Gasteiger partial charge in [-0.25, -0.2) is 4.98 Å². The van der Waals surface area contributed by atoms with Crippen LogP contribution in [0.15, 0.2) is 12.1 Å². The molecule has 1 aliphatic heterocycles. The van der Waals surface area contributed by atoms with Crippen LogP contribution in [0.4, 0.5) is 5.82 Å². The van der Waals surface area contributed by atoms with Crippen molar-refractivity contribution < 1.29 is 4.74 Å². The molecule has 0 aromatic carbocycles. The summed E-state index contributed by atoms with van der Waals surface area (Å²) in [4.78, 5) is 6.98. The average molecular weight is 302 g/mol. The van der Waals surface area contributed by atoms with Crippen molar-refractivity contribution in [2.24, 2.45) is 0 Å². The number of aromatic nitrogens is 3. The number of rotatable bonds is 4. The molecule has 1 saturated heterocycles. The molecule has 0 aliphatic carbocycles. The lowest BCUT2D eigenvalue weighted by Crippen LogP contribution is -2.34. The van der Waals surface area contributed by atoms with Crippen LogP contribution in [0.3, 0.4) is 0 Å². The van der Waals surface area contributed by atoms with Gasteiger partial charge in [0.1, 0.15) is 5.82 Å². The zero-order valence-corrected chi connectivity index (χ0v) is 14.0. The second-order valence-electron chi connectivity index (χ2n) is 6.62. The van der Waals surface area contributed by atoms with Crippen LogP contribution in [0.1, 0.15) is 50.4 Å². The maximum absolute atomic E-state index is 5.88. The van der Waals surface area contributed by atoms with Crippen molar-refractivity contribution in [2.45, 2.75) is 52.1 Å². The van der Waals surface area contributed by atoms with Crippen molar-refractivity contribution in [1.82, 2.24) is 14.6 Å². The molecule has 0 radical (unpaired) electrons. The van der Waals surface area contributed by atoms with Gasteiger partial charge in [0.2, 0.25) is 0 Å². The van der Waals surface area contributed by atoms with Gasteiger partial charge in [-0.2, -0.15) is 9.61 Å². The smallest absolute Gasteiger partial charge is 0.157 e. The van der Waals surface area contributed by atoms with Crippen molar-refractivity contribution in [2.75, 3.05) is 25.1 Å². The van der Waals surface area contributed by atoms with Gasteiger partial charge in [-0.05, 0) is 32.1 Å². The van der Waals surface area contributed by atoms with Crippen molar-refractivity contribution >= 4 is 11.5 Å². The second-order valence-corrected chi connectivity index (χ2v) is 6.62. The van der Waals surface area contributed by atoms with E-state index in [0.717, 1.165) is 42.4 Å². The first-order chi connectivity index (χ1) is 10.5. The van der Waals surface area contributed by atoms with Crippen molar-refractivity contribution in [3.8, 4) is 0 Å². The van der Waals surface area contributed by atoms with E-state index in [9.17, 15) is 0 Å². The molecule has 0 saturated carbocycles. The number of anilines is 1. The first kappa shape index (κ1) is 15.3. The zero-order valence-electron chi connectivity index (χ0n) is 14.0. The molecular weight excluding hydrogens is 276 g/mol. The van der Waals surface area contributed by atoms with E-state index in [1.54, 1.807) is 0 Å². The predicted molar refractivity (Wildman–Crippen MR) is 88.7 cm³/mol. The lowest BCUT2D eigenvalue weighted by Gasteiger charge is -2.29. The first-order valence-electron chi connectivity index (χ1n) is 8.24. The molecule has 0 amide bonds. The molecule has 5 heteroatoms. The van der Waals surface area contributed by atoms with Crippen LogP contribution in [0.2, 0.25) is 0 Å². The summed E-state index contributed by atoms with van der Waals surface area (Å²) in [7, 11) is 2.12. The molecule has 0 bridgehead atoms. The van der Waals surface area contributed by atoms with E-state index < -0.39 is 0 Å². The van der Waals surface area contributed by atoms with Crippen molar-refractivity contribution in [1.29, 1.82) is 0 Å². The Morgan fingerprint density at radius 1 is 1.36 bits per heavy atom. The Morgan fingerprint density at radius 3 is 2.86 bits per heavy atom. The highest BCUT2D eigenvalue weighted by atomic mass is 16.5. The van der Waals surface area contributed by atoms with Gasteiger partial charge in [-0.15, -0.1) is 0 Å². The van der Waals surface area contributed by atoms with Crippen LogP contribution < -0.4 is 4.90 Å². The van der Waals surface area contributed by atoms with E-state index in [2.05, 4.69) is 37.0 Å². The summed E-state index contributed by atoms with van der Waals surface area (Å²) >= 11 is 0. The van der Waals surface area contributed by atoms with Crippen LogP contribution in [0, 0.1) is 6.92 Å². The predicted octanol–water partition coefficient (Wildman–Crippen LogP) is 3.17. The van der Waals surface area contributed by atoms with Gasteiger partial charge in [0, 0.05) is 38.0 Å². The van der Waals surface area contributed by atoms with Gasteiger partial charge in [0.05, 0.1) is 11.8 Å². The summed E-state index contributed by atoms with van der Waals surface area (Å²) < 4.78 is 7.83. The third-order valence-electron chi connectivity index (χ3n) is 4.28. The third kappa shape index (κ3) is 3.09. The van der Waals surface area contributed by atoms with E-state index in [1.165, 1.54) is 12.8 Å². The maximum atomic E-state index is 5.88. The monoisotopic (exact) mass is 302 g/mol. The Morgan fingerprint density at radius 2 is 2.18 bits per heavy atom. The normalized spacial score (nSPS) is 19.0. The molecule has 0 unspecified atom stereocenters. The Balaban J connectivity index is 1.92. The highest BCUT2D eigenvalue weighted by Gasteiger charge is 2.19. The largest absolute Gasteiger partial charge is 0.376 e. The number of fused-ring (bicyclic) bond motifs is 1. The summed E-state index contributed by atoms with van der Waals surface area (Å²) in [5.41, 5.74) is 3.03. The van der Waals surface area contributed by atoms with Gasteiger partial charge in [0.15, 0.2) is 5.65 Å². The number of hydrogen-bond donors (Lipinski definition) is 0. The summed E-state index contributed by atoms with van der Waals surface area (Å²) in [5, 5.41) is 4.60. The fourth-order valence-electron chi connectivity index (χ4n) is 3.01. The molecule has 0 spiro atoms. The fraction of sp³-hybridized carbons (Fsp3) is 0.647. The zero-order chi connectivity index (χ0) is 15.7. The molecule has 120 valence electrons. The lowest BCUT2D eigenvalue weighted by atomic mass is 10.1. The summed E-state index contributed by atoms with van der Waals surface area (Å²) in [6.45, 7) is 8.15. The van der Waals surface area contributed by atoms with Crippen LogP contribution in [0.5, 0.6) is 0 Å². The van der Waals surface area contributed by atoms with E-state index in [-0.39, 0.29) is 0 Å². The molecule has 3 rings (SSSR count). The molecule has 2 aromatic rings. The molecule has 3 heterocycles.